The summed E-state index contributed by atoms with van der Waals surface area (Å²) in [6.45, 7) is 6.75. The first-order chi connectivity index (χ1) is 17.2. The standard InChI is InChI=1S/C29H31ClN2O2S2/c1-29(2,3)19-8-6-16(7-9-19)23-24-17-4-5-18(14-17)25(24)35-27-26(23)36-28(34)32(27)15-22(33)31-21-12-10-20(30)11-13-21/h6-13,17-18,23-25H,4-5,14-15H2,1-3H3,(H,31,33)/t17-,18-,23-,24-,25+/m0/s1. The topological polar surface area (TPSA) is 51.1 Å². The zero-order valence-electron chi connectivity index (χ0n) is 20.8. The molecule has 1 N–H and O–H groups in total. The smallest absolute Gasteiger partial charge is 0.308 e. The molecule has 0 spiro atoms. The van der Waals surface area contributed by atoms with E-state index in [0.717, 1.165) is 15.8 Å². The maximum Gasteiger partial charge on any atom is 0.308 e. The predicted molar refractivity (Wildman–Crippen MR) is 150 cm³/mol. The Kier molecular flexibility index (Phi) is 6.13. The van der Waals surface area contributed by atoms with Crippen molar-refractivity contribution >= 4 is 46.3 Å². The maximum atomic E-state index is 13.3. The first kappa shape index (κ1) is 24.3. The first-order valence-corrected chi connectivity index (χ1v) is 14.8. The molecule has 7 heteroatoms. The van der Waals surface area contributed by atoms with Gasteiger partial charge in [0, 0.05) is 26.8 Å². The average molecular weight is 539 g/mol. The van der Waals surface area contributed by atoms with Gasteiger partial charge in [-0.2, -0.15) is 0 Å². The first-order valence-electron chi connectivity index (χ1n) is 12.7. The van der Waals surface area contributed by atoms with Crippen molar-refractivity contribution in [3.05, 3.63) is 79.2 Å². The number of carbonyl (C=O) groups excluding carboxylic acids is 1. The third kappa shape index (κ3) is 4.25. The lowest BCUT2D eigenvalue weighted by molar-refractivity contribution is -0.116. The summed E-state index contributed by atoms with van der Waals surface area (Å²) >= 11 is 9.19. The molecule has 188 valence electrons. The molecule has 4 nitrogen and oxygen atoms in total. The number of nitrogens with zero attached hydrogens (tertiary/aromatic N) is 1. The molecule has 2 bridgehead atoms. The van der Waals surface area contributed by atoms with Crippen molar-refractivity contribution in [3.63, 3.8) is 0 Å². The van der Waals surface area contributed by atoms with Crippen molar-refractivity contribution in [1.29, 1.82) is 0 Å². The Balaban J connectivity index is 1.35. The summed E-state index contributed by atoms with van der Waals surface area (Å²) in [7, 11) is 0. The fourth-order valence-electron chi connectivity index (χ4n) is 6.53. The lowest BCUT2D eigenvalue weighted by Gasteiger charge is -2.40. The molecule has 2 fully saturated rings. The number of benzene rings is 2. The van der Waals surface area contributed by atoms with Gasteiger partial charge in [0.25, 0.3) is 0 Å². The Bertz CT molecular complexity index is 1350. The van der Waals surface area contributed by atoms with E-state index in [-0.39, 0.29) is 28.7 Å². The quantitative estimate of drug-likeness (QED) is 0.383. The van der Waals surface area contributed by atoms with Crippen LogP contribution in [-0.4, -0.2) is 15.7 Å². The van der Waals surface area contributed by atoms with Crippen LogP contribution in [0.1, 0.15) is 62.0 Å². The van der Waals surface area contributed by atoms with Crippen LogP contribution in [0.15, 0.2) is 58.4 Å². The summed E-state index contributed by atoms with van der Waals surface area (Å²) in [6.07, 6.45) is 3.89. The highest BCUT2D eigenvalue weighted by atomic mass is 35.5. The number of hydrogen-bond donors (Lipinski definition) is 1. The Hall–Kier alpha value is -2.02. The van der Waals surface area contributed by atoms with Gasteiger partial charge in [0.15, 0.2) is 0 Å². The highest BCUT2D eigenvalue weighted by Gasteiger charge is 2.55. The molecule has 3 aromatic rings. The molecule has 2 heterocycles. The molecule has 2 saturated carbocycles. The van der Waals surface area contributed by atoms with Crippen molar-refractivity contribution < 1.29 is 4.79 Å². The molecule has 2 aromatic carbocycles. The molecule has 6 rings (SSSR count). The van der Waals surface area contributed by atoms with Crippen LogP contribution in [0.5, 0.6) is 0 Å². The van der Waals surface area contributed by atoms with E-state index < -0.39 is 0 Å². The number of amides is 1. The number of halogens is 1. The van der Waals surface area contributed by atoms with Gasteiger partial charge in [-0.3, -0.25) is 14.2 Å². The lowest BCUT2D eigenvalue weighted by Crippen LogP contribution is -2.35. The molecule has 36 heavy (non-hydrogen) atoms. The number of thioether (sulfide) groups is 1. The zero-order chi connectivity index (χ0) is 25.2. The van der Waals surface area contributed by atoms with Crippen LogP contribution in [0.4, 0.5) is 5.69 Å². The third-order valence-electron chi connectivity index (χ3n) is 8.26. The Labute approximate surface area is 225 Å². The highest BCUT2D eigenvalue weighted by Crippen LogP contribution is 2.64. The van der Waals surface area contributed by atoms with Gasteiger partial charge in [-0.05, 0) is 77.8 Å². The van der Waals surface area contributed by atoms with E-state index in [9.17, 15) is 9.59 Å². The lowest BCUT2D eigenvalue weighted by atomic mass is 9.74. The monoisotopic (exact) mass is 538 g/mol. The number of hydrogen-bond acceptors (Lipinski definition) is 4. The molecule has 5 atom stereocenters. The minimum atomic E-state index is -0.193. The molecule has 0 radical (unpaired) electrons. The van der Waals surface area contributed by atoms with E-state index in [1.165, 1.54) is 41.7 Å². The van der Waals surface area contributed by atoms with Crippen molar-refractivity contribution in [2.24, 2.45) is 17.8 Å². The summed E-state index contributed by atoms with van der Waals surface area (Å²) in [5.41, 5.74) is 3.42. The second kappa shape index (κ2) is 9.07. The SMILES string of the molecule is CC(C)(C)c1ccc([C@@H]2c3sc(=O)n(CC(=O)Nc4ccc(Cl)cc4)c3S[C@@H]3[C@H]4CC[C@@H](C4)[C@@H]23)cc1. The van der Waals surface area contributed by atoms with E-state index in [4.69, 9.17) is 11.6 Å². The zero-order valence-corrected chi connectivity index (χ0v) is 23.2. The van der Waals surface area contributed by atoms with Crippen LogP contribution >= 0.6 is 34.7 Å². The summed E-state index contributed by atoms with van der Waals surface area (Å²) in [5, 5.41) is 5.06. The summed E-state index contributed by atoms with van der Waals surface area (Å²) < 4.78 is 1.72. The maximum absolute atomic E-state index is 13.3. The van der Waals surface area contributed by atoms with Gasteiger partial charge in [0.2, 0.25) is 5.91 Å². The number of aromatic nitrogens is 1. The molecule has 1 aliphatic heterocycles. The van der Waals surface area contributed by atoms with E-state index in [1.54, 1.807) is 28.8 Å². The average Bonchev–Trinajstić information content (AvgIpc) is 3.53. The predicted octanol–water partition coefficient (Wildman–Crippen LogP) is 7.15. The van der Waals surface area contributed by atoms with E-state index in [0.29, 0.717) is 27.8 Å². The van der Waals surface area contributed by atoms with Crippen LogP contribution in [0.25, 0.3) is 0 Å². The molecule has 3 aliphatic rings. The van der Waals surface area contributed by atoms with Gasteiger partial charge < -0.3 is 5.32 Å². The molecule has 2 aliphatic carbocycles. The fourth-order valence-corrected chi connectivity index (χ4v) is 9.80. The number of fused-ring (bicyclic) bond motifs is 6. The number of nitrogens with one attached hydrogen (secondary N) is 1. The number of carbonyl (C=O) groups is 1. The van der Waals surface area contributed by atoms with Crippen LogP contribution in [0.3, 0.4) is 0 Å². The largest absolute Gasteiger partial charge is 0.325 e. The van der Waals surface area contributed by atoms with Crippen LogP contribution in [0, 0.1) is 17.8 Å². The van der Waals surface area contributed by atoms with Gasteiger partial charge in [-0.15, -0.1) is 11.8 Å². The number of rotatable bonds is 4. The van der Waals surface area contributed by atoms with Crippen molar-refractivity contribution in [2.75, 3.05) is 5.32 Å². The minimum Gasteiger partial charge on any atom is -0.325 e. The van der Waals surface area contributed by atoms with Crippen LogP contribution < -0.4 is 10.2 Å². The molecule has 0 saturated heterocycles. The van der Waals surface area contributed by atoms with Gasteiger partial charge in [0.05, 0.1) is 5.03 Å². The molecule has 0 unspecified atom stereocenters. The summed E-state index contributed by atoms with van der Waals surface area (Å²) in [6, 6.07) is 16.1. The van der Waals surface area contributed by atoms with E-state index in [1.807, 2.05) is 11.8 Å². The highest BCUT2D eigenvalue weighted by molar-refractivity contribution is 8.00. The van der Waals surface area contributed by atoms with Crippen molar-refractivity contribution in [3.8, 4) is 0 Å². The number of anilines is 1. The Morgan fingerprint density at radius 1 is 1.06 bits per heavy atom. The van der Waals surface area contributed by atoms with Gasteiger partial charge in [-0.1, -0.05) is 68.0 Å². The molecule has 1 amide bonds. The minimum absolute atomic E-state index is 0.0292. The molecular formula is C29H31ClN2O2S2. The Morgan fingerprint density at radius 2 is 1.75 bits per heavy atom. The van der Waals surface area contributed by atoms with Gasteiger partial charge in [-0.25, -0.2) is 0 Å². The van der Waals surface area contributed by atoms with Gasteiger partial charge in [0.1, 0.15) is 6.54 Å². The fraction of sp³-hybridized carbons (Fsp3) is 0.448. The Morgan fingerprint density at radius 3 is 2.44 bits per heavy atom. The van der Waals surface area contributed by atoms with Gasteiger partial charge >= 0.3 is 4.87 Å². The summed E-state index contributed by atoms with van der Waals surface area (Å²) in [4.78, 5) is 27.3. The van der Waals surface area contributed by atoms with Crippen molar-refractivity contribution in [1.82, 2.24) is 4.57 Å². The normalized spacial score (nSPS) is 26.5. The van der Waals surface area contributed by atoms with Crippen LogP contribution in [0.2, 0.25) is 5.02 Å². The second-order valence-electron chi connectivity index (χ2n) is 11.5. The van der Waals surface area contributed by atoms with E-state index >= 15 is 0 Å². The van der Waals surface area contributed by atoms with Crippen molar-refractivity contribution in [2.45, 2.75) is 68.2 Å². The summed E-state index contributed by atoms with van der Waals surface area (Å²) in [5.74, 6) is 2.04. The molecule has 1 aromatic heterocycles. The van der Waals surface area contributed by atoms with E-state index in [2.05, 4.69) is 50.4 Å². The molecular weight excluding hydrogens is 508 g/mol. The van der Waals surface area contributed by atoms with Crippen LogP contribution in [-0.2, 0) is 16.8 Å². The number of thiazole rings is 1. The third-order valence-corrected chi connectivity index (χ3v) is 11.3. The second-order valence-corrected chi connectivity index (χ2v) is 14.1.